The molecule has 2 bridgehead atoms. The monoisotopic (exact) mass is 304 g/mol. The lowest BCUT2D eigenvalue weighted by atomic mass is 9.63. The fraction of sp³-hybridized carbons (Fsp3) is 0.706. The highest BCUT2D eigenvalue weighted by Gasteiger charge is 2.56. The van der Waals surface area contributed by atoms with Gasteiger partial charge in [0.25, 0.3) is 0 Å². The van der Waals surface area contributed by atoms with E-state index >= 15 is 0 Å². The number of likely N-dealkylation sites (tertiary alicyclic amines) is 1. The predicted octanol–water partition coefficient (Wildman–Crippen LogP) is 1.44. The highest BCUT2D eigenvalue weighted by atomic mass is 16.2. The van der Waals surface area contributed by atoms with Gasteiger partial charge in [0.15, 0.2) is 0 Å². The average Bonchev–Trinajstić information content (AvgIpc) is 2.81. The largest absolute Gasteiger partial charge is 0.343 e. The molecule has 4 atom stereocenters. The molecule has 0 unspecified atom stereocenters. The molecule has 120 valence electrons. The summed E-state index contributed by atoms with van der Waals surface area (Å²) in [6.07, 6.45) is 6.48. The molecule has 4 rings (SSSR count). The number of carbonyl (C=O) groups excluding carboxylic acids is 3. The fourth-order valence-electron chi connectivity index (χ4n) is 4.30. The van der Waals surface area contributed by atoms with Crippen LogP contribution in [0, 0.1) is 23.7 Å². The van der Waals surface area contributed by atoms with Crippen molar-refractivity contribution in [2.45, 2.75) is 33.1 Å². The lowest BCUT2D eigenvalue weighted by molar-refractivity contribution is -0.141. The standard InChI is InChI=1S/C17H24N2O3/c1-3-18(4-2)13(20)9-10-19-16(21)14-11-5-6-12(8-7-11)15(14)17(19)22/h5-6,11-12,14-15H,3-4,7-10H2,1-2H3/t11-,12-,14-,15-/m0/s1. The van der Waals surface area contributed by atoms with E-state index in [0.29, 0.717) is 13.1 Å². The van der Waals surface area contributed by atoms with Crippen molar-refractivity contribution < 1.29 is 14.4 Å². The minimum atomic E-state index is -0.167. The van der Waals surface area contributed by atoms with Crippen LogP contribution < -0.4 is 0 Å². The quantitative estimate of drug-likeness (QED) is 0.570. The molecule has 22 heavy (non-hydrogen) atoms. The smallest absolute Gasteiger partial charge is 0.233 e. The zero-order valence-corrected chi connectivity index (χ0v) is 13.3. The second kappa shape index (κ2) is 5.86. The lowest BCUT2D eigenvalue weighted by Crippen LogP contribution is -2.38. The number of rotatable bonds is 5. The SMILES string of the molecule is CCN(CC)C(=O)CCN1C(=O)[C@@H]2[C@@H](C1=O)[C@H]1C=C[C@H]2CC1. The van der Waals surface area contributed by atoms with E-state index < -0.39 is 0 Å². The van der Waals surface area contributed by atoms with Gasteiger partial charge in [-0.25, -0.2) is 0 Å². The van der Waals surface area contributed by atoms with Crippen molar-refractivity contribution in [2.75, 3.05) is 19.6 Å². The Morgan fingerprint density at radius 1 is 1.09 bits per heavy atom. The molecule has 5 heteroatoms. The predicted molar refractivity (Wildman–Crippen MR) is 81.6 cm³/mol. The zero-order chi connectivity index (χ0) is 15.9. The van der Waals surface area contributed by atoms with Crippen molar-refractivity contribution in [3.05, 3.63) is 12.2 Å². The van der Waals surface area contributed by atoms with Gasteiger partial charge < -0.3 is 4.90 Å². The van der Waals surface area contributed by atoms with Gasteiger partial charge in [0.2, 0.25) is 17.7 Å². The van der Waals surface area contributed by atoms with E-state index in [1.807, 2.05) is 13.8 Å². The van der Waals surface area contributed by atoms with E-state index in [1.54, 1.807) is 4.90 Å². The summed E-state index contributed by atoms with van der Waals surface area (Å²) >= 11 is 0. The van der Waals surface area contributed by atoms with Crippen molar-refractivity contribution in [2.24, 2.45) is 23.7 Å². The van der Waals surface area contributed by atoms with Crippen molar-refractivity contribution in [1.29, 1.82) is 0 Å². The Labute approximate surface area is 131 Å². The molecule has 4 aliphatic rings. The van der Waals surface area contributed by atoms with Gasteiger partial charge in [0.1, 0.15) is 0 Å². The summed E-state index contributed by atoms with van der Waals surface area (Å²) in [7, 11) is 0. The molecule has 0 aromatic carbocycles. The fourth-order valence-corrected chi connectivity index (χ4v) is 4.30. The molecule has 1 heterocycles. The summed E-state index contributed by atoms with van der Waals surface area (Å²) < 4.78 is 0. The van der Waals surface area contributed by atoms with Gasteiger partial charge in [-0.3, -0.25) is 19.3 Å². The van der Waals surface area contributed by atoms with Crippen LogP contribution in [0.15, 0.2) is 12.2 Å². The summed E-state index contributed by atoms with van der Waals surface area (Å²) in [5.74, 6) is 0.00819. The molecule has 1 aliphatic heterocycles. The Balaban J connectivity index is 1.68. The first-order valence-electron chi connectivity index (χ1n) is 8.39. The van der Waals surface area contributed by atoms with Crippen LogP contribution in [0.4, 0.5) is 0 Å². The average molecular weight is 304 g/mol. The maximum atomic E-state index is 12.6. The van der Waals surface area contributed by atoms with Crippen LogP contribution in [-0.4, -0.2) is 47.2 Å². The third-order valence-electron chi connectivity index (χ3n) is 5.52. The Kier molecular flexibility index (Phi) is 4.06. The van der Waals surface area contributed by atoms with E-state index in [2.05, 4.69) is 12.2 Å². The van der Waals surface area contributed by atoms with Crippen molar-refractivity contribution >= 4 is 17.7 Å². The van der Waals surface area contributed by atoms with E-state index in [0.717, 1.165) is 12.8 Å². The minimum Gasteiger partial charge on any atom is -0.343 e. The molecule has 3 amide bonds. The maximum Gasteiger partial charge on any atom is 0.233 e. The molecule has 2 fully saturated rings. The highest BCUT2D eigenvalue weighted by molar-refractivity contribution is 6.06. The Morgan fingerprint density at radius 3 is 2.00 bits per heavy atom. The molecule has 0 aromatic rings. The normalized spacial score (nSPS) is 32.5. The number of hydrogen-bond acceptors (Lipinski definition) is 3. The molecule has 0 aromatic heterocycles. The number of hydrogen-bond donors (Lipinski definition) is 0. The first-order chi connectivity index (χ1) is 10.6. The molecule has 3 aliphatic carbocycles. The molecule has 0 N–H and O–H groups in total. The van der Waals surface area contributed by atoms with Crippen LogP contribution in [0.25, 0.3) is 0 Å². The van der Waals surface area contributed by atoms with Gasteiger partial charge in [-0.15, -0.1) is 0 Å². The van der Waals surface area contributed by atoms with Gasteiger partial charge >= 0.3 is 0 Å². The third kappa shape index (κ3) is 2.27. The topological polar surface area (TPSA) is 57.7 Å². The van der Waals surface area contributed by atoms with Gasteiger partial charge in [0, 0.05) is 26.1 Å². The van der Waals surface area contributed by atoms with Crippen molar-refractivity contribution in [3.8, 4) is 0 Å². The van der Waals surface area contributed by atoms with E-state index in [9.17, 15) is 14.4 Å². The van der Waals surface area contributed by atoms with Crippen molar-refractivity contribution in [1.82, 2.24) is 9.80 Å². The van der Waals surface area contributed by atoms with E-state index in [1.165, 1.54) is 4.90 Å². The van der Waals surface area contributed by atoms with Crippen LogP contribution in [0.2, 0.25) is 0 Å². The first kappa shape index (κ1) is 15.3. The first-order valence-corrected chi connectivity index (χ1v) is 8.39. The molecule has 1 saturated heterocycles. The van der Waals surface area contributed by atoms with Crippen LogP contribution in [0.5, 0.6) is 0 Å². The number of fused-ring (bicyclic) bond motifs is 1. The summed E-state index contributed by atoms with van der Waals surface area (Å²) in [5, 5.41) is 0. The molecule has 5 nitrogen and oxygen atoms in total. The van der Waals surface area contributed by atoms with Crippen LogP contribution in [0.1, 0.15) is 33.1 Å². The Hall–Kier alpha value is -1.65. The van der Waals surface area contributed by atoms with E-state index in [-0.39, 0.29) is 54.4 Å². The molecule has 0 radical (unpaired) electrons. The van der Waals surface area contributed by atoms with Gasteiger partial charge in [-0.1, -0.05) is 12.2 Å². The summed E-state index contributed by atoms with van der Waals surface area (Å²) in [4.78, 5) is 40.4. The molecule has 0 spiro atoms. The summed E-state index contributed by atoms with van der Waals surface area (Å²) in [5.41, 5.74) is 0. The lowest BCUT2D eigenvalue weighted by Gasteiger charge is -2.38. The van der Waals surface area contributed by atoms with Gasteiger partial charge in [-0.05, 0) is 38.5 Å². The number of carbonyl (C=O) groups is 3. The number of amides is 3. The summed E-state index contributed by atoms with van der Waals surface area (Å²) in [6, 6.07) is 0. The molecular weight excluding hydrogens is 280 g/mol. The minimum absolute atomic E-state index is 0.0153. The Morgan fingerprint density at radius 2 is 1.59 bits per heavy atom. The zero-order valence-electron chi connectivity index (χ0n) is 13.3. The van der Waals surface area contributed by atoms with Gasteiger partial charge in [-0.2, -0.15) is 0 Å². The second-order valence-corrected chi connectivity index (χ2v) is 6.49. The molecular formula is C17H24N2O3. The Bertz CT molecular complexity index is 492. The highest BCUT2D eigenvalue weighted by Crippen LogP contribution is 2.49. The van der Waals surface area contributed by atoms with Crippen molar-refractivity contribution in [3.63, 3.8) is 0 Å². The maximum absolute atomic E-state index is 12.6. The number of allylic oxidation sites excluding steroid dienone is 2. The summed E-state index contributed by atoms with van der Waals surface area (Å²) in [6.45, 7) is 5.43. The second-order valence-electron chi connectivity index (χ2n) is 6.49. The van der Waals surface area contributed by atoms with E-state index in [4.69, 9.17) is 0 Å². The van der Waals surface area contributed by atoms with Crippen LogP contribution >= 0.6 is 0 Å². The number of imide groups is 1. The third-order valence-corrected chi connectivity index (χ3v) is 5.52. The van der Waals surface area contributed by atoms with Crippen LogP contribution in [-0.2, 0) is 14.4 Å². The van der Waals surface area contributed by atoms with Crippen LogP contribution in [0.3, 0.4) is 0 Å². The number of nitrogens with zero attached hydrogens (tertiary/aromatic N) is 2. The molecule has 1 saturated carbocycles. The van der Waals surface area contributed by atoms with Gasteiger partial charge in [0.05, 0.1) is 11.8 Å².